The van der Waals surface area contributed by atoms with Gasteiger partial charge in [0.25, 0.3) is 0 Å². The number of aryl methyl sites for hydroxylation is 1. The number of carbonyl (C=O) groups excluding carboxylic acids is 1. The molecule has 0 aromatic heterocycles. The zero-order chi connectivity index (χ0) is 24.9. The van der Waals surface area contributed by atoms with Gasteiger partial charge in [0.15, 0.2) is 0 Å². The van der Waals surface area contributed by atoms with E-state index in [0.29, 0.717) is 6.42 Å². The molecule has 0 aliphatic carbocycles. The van der Waals surface area contributed by atoms with Crippen LogP contribution >= 0.6 is 0 Å². The van der Waals surface area contributed by atoms with Crippen molar-refractivity contribution in [2.75, 3.05) is 20.2 Å². The summed E-state index contributed by atoms with van der Waals surface area (Å²) in [5.41, 5.74) is 1.95. The van der Waals surface area contributed by atoms with Crippen LogP contribution in [-0.2, 0) is 26.8 Å². The summed E-state index contributed by atoms with van der Waals surface area (Å²) in [6.45, 7) is 11.6. The fourth-order valence-electron chi connectivity index (χ4n) is 3.36. The number of phenols is 1. The number of rotatable bonds is 10. The first kappa shape index (κ1) is 28.3. The summed E-state index contributed by atoms with van der Waals surface area (Å²) < 4.78 is 5.05. The minimum Gasteiger partial charge on any atom is -0.507 e. The lowest BCUT2D eigenvalue weighted by Crippen LogP contribution is -2.49. The van der Waals surface area contributed by atoms with Gasteiger partial charge in [-0.2, -0.15) is 0 Å². The highest BCUT2D eigenvalue weighted by atomic mass is 16.5. The topological polar surface area (TPSA) is 139 Å². The van der Waals surface area contributed by atoms with E-state index >= 15 is 0 Å². The van der Waals surface area contributed by atoms with E-state index in [0.717, 1.165) is 16.7 Å². The van der Waals surface area contributed by atoms with E-state index in [-0.39, 0.29) is 29.5 Å². The number of aromatic hydroxyl groups is 1. The molecule has 8 heteroatoms. The monoisotopic (exact) mass is 455 g/mol. The second-order valence-corrected chi connectivity index (χ2v) is 10.4. The molecule has 0 saturated heterocycles. The summed E-state index contributed by atoms with van der Waals surface area (Å²) in [6.07, 6.45) is -5.62. The van der Waals surface area contributed by atoms with Crippen molar-refractivity contribution < 1.29 is 35.1 Å². The Hall–Kier alpha value is -1.71. The maximum Gasteiger partial charge on any atom is 0.306 e. The van der Waals surface area contributed by atoms with Gasteiger partial charge in [0.05, 0.1) is 6.10 Å². The van der Waals surface area contributed by atoms with Gasteiger partial charge in [0, 0.05) is 13.0 Å². The van der Waals surface area contributed by atoms with E-state index in [1.807, 2.05) is 53.7 Å². The molecule has 0 bridgehead atoms. The van der Waals surface area contributed by atoms with Crippen LogP contribution in [0.3, 0.4) is 0 Å². The van der Waals surface area contributed by atoms with Crippen molar-refractivity contribution in [3.63, 3.8) is 0 Å². The molecule has 0 aliphatic heterocycles. The molecule has 1 aromatic carbocycles. The number of carbonyl (C=O) groups is 1. The molecule has 0 heterocycles. The Balaban J connectivity index is 2.79. The van der Waals surface area contributed by atoms with E-state index in [2.05, 4.69) is 5.32 Å². The van der Waals surface area contributed by atoms with Crippen LogP contribution in [0, 0.1) is 0 Å². The van der Waals surface area contributed by atoms with Gasteiger partial charge < -0.3 is 35.6 Å². The van der Waals surface area contributed by atoms with Crippen LogP contribution in [0.4, 0.5) is 0 Å². The molecule has 32 heavy (non-hydrogen) atoms. The first-order valence-corrected chi connectivity index (χ1v) is 11.0. The number of hydrogen-bond donors (Lipinski definition) is 6. The average Bonchev–Trinajstić information content (AvgIpc) is 2.68. The third-order valence-corrected chi connectivity index (χ3v) is 5.37. The number of likely N-dealkylation sites (N-methyl/N-ethyl adjacent to an activating group) is 1. The van der Waals surface area contributed by atoms with Gasteiger partial charge in [-0.15, -0.1) is 0 Å². The molecule has 0 fully saturated rings. The maximum absolute atomic E-state index is 12.2. The van der Waals surface area contributed by atoms with Crippen molar-refractivity contribution in [2.24, 2.45) is 0 Å². The number of hydrogen-bond acceptors (Lipinski definition) is 8. The van der Waals surface area contributed by atoms with Crippen molar-refractivity contribution in [3.05, 3.63) is 28.8 Å². The summed E-state index contributed by atoms with van der Waals surface area (Å²) in [4.78, 5) is 12.2. The summed E-state index contributed by atoms with van der Waals surface area (Å²) >= 11 is 0. The molecule has 184 valence electrons. The number of benzene rings is 1. The number of aliphatic hydroxyl groups excluding tert-OH is 4. The van der Waals surface area contributed by atoms with E-state index in [4.69, 9.17) is 4.74 Å². The Morgan fingerprint density at radius 1 is 0.938 bits per heavy atom. The standard InChI is InChI=1S/C24H41NO7/c1-23(2,3)15-10-14(11-16(20(15)29)24(4,5)6)8-9-19(28)32-13-18(27)22(31)21(30)17(26)12-25-7/h10-11,17-18,21-22,25-27,29-31H,8-9,12-13H2,1-7H3/t17-,18+,21-,22+/m0/s1. The fraction of sp³-hybridized carbons (Fsp3) is 0.708. The first-order chi connectivity index (χ1) is 14.6. The Morgan fingerprint density at radius 2 is 1.41 bits per heavy atom. The lowest BCUT2D eigenvalue weighted by Gasteiger charge is -2.28. The lowest BCUT2D eigenvalue weighted by atomic mass is 9.78. The molecule has 0 spiro atoms. The lowest BCUT2D eigenvalue weighted by molar-refractivity contribution is -0.154. The molecule has 0 aliphatic rings. The highest BCUT2D eigenvalue weighted by Gasteiger charge is 2.31. The summed E-state index contributed by atoms with van der Waals surface area (Å²) in [7, 11) is 1.57. The molecule has 1 aromatic rings. The Morgan fingerprint density at radius 3 is 1.84 bits per heavy atom. The molecule has 0 amide bonds. The SMILES string of the molecule is CNC[C@H](O)[C@H](O)[C@H](O)[C@H](O)COC(=O)CCc1cc(C(C)(C)C)c(O)c(C(C)(C)C)c1. The minimum atomic E-state index is -1.66. The Kier molecular flexibility index (Phi) is 10.1. The van der Waals surface area contributed by atoms with Gasteiger partial charge in [0.1, 0.15) is 30.7 Å². The zero-order valence-corrected chi connectivity index (χ0v) is 20.3. The van der Waals surface area contributed by atoms with E-state index < -0.39 is 37.0 Å². The average molecular weight is 456 g/mol. The second kappa shape index (κ2) is 11.4. The number of ether oxygens (including phenoxy) is 1. The largest absolute Gasteiger partial charge is 0.507 e. The van der Waals surface area contributed by atoms with E-state index in [1.54, 1.807) is 7.05 Å². The van der Waals surface area contributed by atoms with Gasteiger partial charge in [-0.1, -0.05) is 53.7 Å². The van der Waals surface area contributed by atoms with Crippen molar-refractivity contribution in [1.82, 2.24) is 5.32 Å². The van der Waals surface area contributed by atoms with Gasteiger partial charge >= 0.3 is 5.97 Å². The molecule has 4 atom stereocenters. The number of nitrogens with one attached hydrogen (secondary N) is 1. The second-order valence-electron chi connectivity index (χ2n) is 10.4. The van der Waals surface area contributed by atoms with Gasteiger partial charge in [-0.25, -0.2) is 0 Å². The van der Waals surface area contributed by atoms with Crippen LogP contribution in [0.15, 0.2) is 12.1 Å². The molecule has 0 radical (unpaired) electrons. The van der Waals surface area contributed by atoms with Crippen molar-refractivity contribution in [1.29, 1.82) is 0 Å². The zero-order valence-electron chi connectivity index (χ0n) is 20.3. The van der Waals surface area contributed by atoms with Crippen LogP contribution in [0.5, 0.6) is 5.75 Å². The summed E-state index contributed by atoms with van der Waals surface area (Å²) in [5.74, 6) is -0.295. The molecule has 0 saturated carbocycles. The third kappa shape index (κ3) is 8.01. The Labute approximate surface area is 191 Å². The number of phenolic OH excluding ortho intramolecular Hbond substituents is 1. The van der Waals surface area contributed by atoms with Gasteiger partial charge in [0.2, 0.25) is 0 Å². The van der Waals surface area contributed by atoms with Crippen molar-refractivity contribution in [3.8, 4) is 5.75 Å². The van der Waals surface area contributed by atoms with E-state index in [9.17, 15) is 30.3 Å². The van der Waals surface area contributed by atoms with Crippen LogP contribution in [0.2, 0.25) is 0 Å². The fourth-order valence-corrected chi connectivity index (χ4v) is 3.36. The van der Waals surface area contributed by atoms with E-state index in [1.165, 1.54) is 0 Å². The predicted molar refractivity (Wildman–Crippen MR) is 123 cm³/mol. The molecule has 1 rings (SSSR count). The van der Waals surface area contributed by atoms with Gasteiger partial charge in [-0.3, -0.25) is 4.79 Å². The van der Waals surface area contributed by atoms with Crippen molar-refractivity contribution >= 4 is 5.97 Å². The predicted octanol–water partition coefficient (Wildman–Crippen LogP) is 1.13. The number of esters is 1. The maximum atomic E-state index is 12.2. The minimum absolute atomic E-state index is 0.0322. The Bertz CT molecular complexity index is 717. The summed E-state index contributed by atoms with van der Waals surface area (Å²) in [5, 5.41) is 52.9. The molecular weight excluding hydrogens is 414 g/mol. The van der Waals surface area contributed by atoms with Crippen LogP contribution < -0.4 is 5.32 Å². The molecule has 6 N–H and O–H groups in total. The third-order valence-electron chi connectivity index (χ3n) is 5.37. The van der Waals surface area contributed by atoms with Crippen LogP contribution in [0.1, 0.15) is 64.7 Å². The normalized spacial score (nSPS) is 16.3. The quantitative estimate of drug-likeness (QED) is 0.289. The van der Waals surface area contributed by atoms with Crippen LogP contribution in [0.25, 0.3) is 0 Å². The van der Waals surface area contributed by atoms with Crippen molar-refractivity contribution in [2.45, 2.75) is 89.6 Å². The number of aliphatic hydroxyl groups is 4. The smallest absolute Gasteiger partial charge is 0.306 e. The highest BCUT2D eigenvalue weighted by molar-refractivity contribution is 5.69. The van der Waals surface area contributed by atoms with Gasteiger partial charge in [-0.05, 0) is 41.0 Å². The summed E-state index contributed by atoms with van der Waals surface area (Å²) in [6, 6.07) is 3.80. The highest BCUT2D eigenvalue weighted by Crippen LogP contribution is 2.40. The molecule has 8 nitrogen and oxygen atoms in total. The molecule has 0 unspecified atom stereocenters. The van der Waals surface area contributed by atoms with Crippen LogP contribution in [-0.4, -0.2) is 76.1 Å². The molecular formula is C24H41NO7. The first-order valence-electron chi connectivity index (χ1n) is 11.0.